The number of hydrogen-bond acceptors (Lipinski definition) is 6. The molecule has 10 nitrogen and oxygen atoms in total. The molecule has 204 valence electrons. The lowest BCUT2D eigenvalue weighted by Gasteiger charge is -2.15. The van der Waals surface area contributed by atoms with Gasteiger partial charge in [0.25, 0.3) is 11.5 Å². The first-order valence-corrected chi connectivity index (χ1v) is 12.4. The smallest absolute Gasteiger partial charge is 0.331 e. The third-order valence-electron chi connectivity index (χ3n) is 6.35. The molecule has 3 aromatic carbocycles. The molecule has 4 aromatic rings. The Morgan fingerprint density at radius 3 is 2.62 bits per heavy atom. The van der Waals surface area contributed by atoms with Crippen molar-refractivity contribution in [1.82, 2.24) is 14.5 Å². The standard InChI is InChI=1S/C29H25FN4O6/c1-2-3-11-33-28(37)22-9-8-19(27(36)31-15-18-7-10-24-25(12-18)40-17-39-24)13-23(22)34(29(33)38)16-26(35)32-21-6-4-5-20(30)14-21/h2,4-10,12-14H,1,3,11,15-17H2,(H,31,36)(H,32,35). The SMILES string of the molecule is C=CCCn1c(=O)c2ccc(C(=O)NCc3ccc4c(c3)OCO4)cc2n(CC(=O)Nc2cccc(F)c2)c1=O. The zero-order valence-electron chi connectivity index (χ0n) is 21.3. The highest BCUT2D eigenvalue weighted by atomic mass is 19.1. The predicted octanol–water partition coefficient (Wildman–Crippen LogP) is 3.18. The fourth-order valence-corrected chi connectivity index (χ4v) is 4.37. The van der Waals surface area contributed by atoms with E-state index in [1.807, 2.05) is 0 Å². The quantitative estimate of drug-likeness (QED) is 0.313. The van der Waals surface area contributed by atoms with Crippen molar-refractivity contribution in [2.45, 2.75) is 26.1 Å². The molecule has 0 radical (unpaired) electrons. The Labute approximate surface area is 227 Å². The van der Waals surface area contributed by atoms with E-state index in [1.54, 1.807) is 24.3 Å². The van der Waals surface area contributed by atoms with Gasteiger partial charge < -0.3 is 20.1 Å². The van der Waals surface area contributed by atoms with Crippen LogP contribution in [0.25, 0.3) is 10.9 Å². The van der Waals surface area contributed by atoms with Crippen LogP contribution in [0.1, 0.15) is 22.3 Å². The first-order valence-electron chi connectivity index (χ1n) is 12.4. The lowest BCUT2D eigenvalue weighted by molar-refractivity contribution is -0.116. The molecule has 0 fully saturated rings. The largest absolute Gasteiger partial charge is 0.454 e. The molecule has 2 amide bonds. The summed E-state index contributed by atoms with van der Waals surface area (Å²) in [5.41, 5.74) is 0.0492. The van der Waals surface area contributed by atoms with Crippen LogP contribution in [-0.4, -0.2) is 27.7 Å². The van der Waals surface area contributed by atoms with E-state index in [1.165, 1.54) is 36.4 Å². The summed E-state index contributed by atoms with van der Waals surface area (Å²) < 4.78 is 26.4. The number of amides is 2. The number of fused-ring (bicyclic) bond motifs is 2. The monoisotopic (exact) mass is 544 g/mol. The minimum absolute atomic E-state index is 0.0698. The third-order valence-corrected chi connectivity index (χ3v) is 6.35. The van der Waals surface area contributed by atoms with E-state index in [0.29, 0.717) is 17.9 Å². The van der Waals surface area contributed by atoms with Crippen molar-refractivity contribution in [3.63, 3.8) is 0 Å². The number of carbonyl (C=O) groups is 2. The number of rotatable bonds is 9. The normalized spacial score (nSPS) is 11.8. The summed E-state index contributed by atoms with van der Waals surface area (Å²) in [4.78, 5) is 52.4. The van der Waals surface area contributed by atoms with Crippen molar-refractivity contribution >= 4 is 28.4 Å². The summed E-state index contributed by atoms with van der Waals surface area (Å²) >= 11 is 0. The Hall–Kier alpha value is -5.19. The van der Waals surface area contributed by atoms with Gasteiger partial charge in [-0.05, 0) is 60.5 Å². The van der Waals surface area contributed by atoms with E-state index in [4.69, 9.17) is 9.47 Å². The van der Waals surface area contributed by atoms with Gasteiger partial charge in [0.1, 0.15) is 12.4 Å². The van der Waals surface area contributed by atoms with Crippen molar-refractivity contribution < 1.29 is 23.5 Å². The molecular formula is C29H25FN4O6. The van der Waals surface area contributed by atoms with Gasteiger partial charge in [0, 0.05) is 24.3 Å². The molecule has 1 aromatic heterocycles. The number of carbonyl (C=O) groups excluding carboxylic acids is 2. The van der Waals surface area contributed by atoms with Gasteiger partial charge in [-0.2, -0.15) is 0 Å². The van der Waals surface area contributed by atoms with E-state index in [2.05, 4.69) is 17.2 Å². The molecular weight excluding hydrogens is 519 g/mol. The van der Waals surface area contributed by atoms with Crippen LogP contribution in [0.2, 0.25) is 0 Å². The highest BCUT2D eigenvalue weighted by Crippen LogP contribution is 2.32. The van der Waals surface area contributed by atoms with Crippen molar-refractivity contribution in [3.05, 3.63) is 111 Å². The molecule has 0 bridgehead atoms. The molecule has 40 heavy (non-hydrogen) atoms. The number of nitrogens with zero attached hydrogens (tertiary/aromatic N) is 2. The van der Waals surface area contributed by atoms with Gasteiger partial charge >= 0.3 is 5.69 Å². The Bertz CT molecular complexity index is 1760. The van der Waals surface area contributed by atoms with Gasteiger partial charge in [-0.3, -0.25) is 23.5 Å². The maximum Gasteiger partial charge on any atom is 0.331 e. The van der Waals surface area contributed by atoms with Crippen LogP contribution in [0.15, 0.2) is 82.9 Å². The van der Waals surface area contributed by atoms with Gasteiger partial charge in [0.2, 0.25) is 12.7 Å². The van der Waals surface area contributed by atoms with Crippen LogP contribution in [0, 0.1) is 5.82 Å². The van der Waals surface area contributed by atoms with Crippen molar-refractivity contribution in [2.24, 2.45) is 0 Å². The molecule has 2 heterocycles. The number of anilines is 1. The van der Waals surface area contributed by atoms with Crippen LogP contribution in [0.4, 0.5) is 10.1 Å². The summed E-state index contributed by atoms with van der Waals surface area (Å²) in [5.74, 6) is -0.373. The van der Waals surface area contributed by atoms with E-state index in [-0.39, 0.29) is 42.0 Å². The summed E-state index contributed by atoms with van der Waals surface area (Å²) in [5, 5.41) is 5.52. The van der Waals surface area contributed by atoms with Gasteiger partial charge in [-0.15, -0.1) is 6.58 Å². The summed E-state index contributed by atoms with van der Waals surface area (Å²) in [6.07, 6.45) is 1.93. The number of benzene rings is 3. The van der Waals surface area contributed by atoms with Gasteiger partial charge in [0.05, 0.1) is 10.9 Å². The molecule has 0 atom stereocenters. The van der Waals surface area contributed by atoms with Crippen molar-refractivity contribution in [3.8, 4) is 11.5 Å². The maximum absolute atomic E-state index is 13.6. The van der Waals surface area contributed by atoms with Crippen LogP contribution < -0.4 is 31.4 Å². The van der Waals surface area contributed by atoms with E-state index in [9.17, 15) is 23.6 Å². The molecule has 2 N–H and O–H groups in total. The maximum atomic E-state index is 13.6. The second-order valence-electron chi connectivity index (χ2n) is 9.06. The highest BCUT2D eigenvalue weighted by molar-refractivity contribution is 5.98. The van der Waals surface area contributed by atoms with E-state index in [0.717, 1.165) is 20.8 Å². The molecule has 5 rings (SSSR count). The number of allylic oxidation sites excluding steroid dienone is 1. The molecule has 0 spiro atoms. The zero-order valence-corrected chi connectivity index (χ0v) is 21.3. The summed E-state index contributed by atoms with van der Waals surface area (Å²) in [6, 6.07) is 15.0. The van der Waals surface area contributed by atoms with Crippen molar-refractivity contribution in [1.29, 1.82) is 0 Å². The average molecular weight is 545 g/mol. The number of hydrogen-bond donors (Lipinski definition) is 2. The third kappa shape index (κ3) is 5.48. The molecule has 0 saturated heterocycles. The minimum Gasteiger partial charge on any atom is -0.454 e. The molecule has 0 aliphatic carbocycles. The Kier molecular flexibility index (Phi) is 7.45. The second kappa shape index (κ2) is 11.3. The molecule has 0 saturated carbocycles. The Morgan fingerprint density at radius 2 is 1.82 bits per heavy atom. The first-order chi connectivity index (χ1) is 19.3. The first kappa shape index (κ1) is 26.4. The fourth-order valence-electron chi connectivity index (χ4n) is 4.37. The van der Waals surface area contributed by atoms with Gasteiger partial charge in [0.15, 0.2) is 11.5 Å². The van der Waals surface area contributed by atoms with Gasteiger partial charge in [-0.1, -0.05) is 18.2 Å². The summed E-state index contributed by atoms with van der Waals surface area (Å²) in [7, 11) is 0. The van der Waals surface area contributed by atoms with Crippen molar-refractivity contribution in [2.75, 3.05) is 12.1 Å². The molecule has 0 unspecified atom stereocenters. The lowest BCUT2D eigenvalue weighted by atomic mass is 10.1. The Morgan fingerprint density at radius 1 is 1.00 bits per heavy atom. The zero-order chi connectivity index (χ0) is 28.2. The predicted molar refractivity (Wildman–Crippen MR) is 146 cm³/mol. The minimum atomic E-state index is -0.716. The lowest BCUT2D eigenvalue weighted by Crippen LogP contribution is -2.42. The van der Waals surface area contributed by atoms with Crippen LogP contribution in [0.3, 0.4) is 0 Å². The molecule has 1 aliphatic rings. The van der Waals surface area contributed by atoms with E-state index < -0.39 is 35.4 Å². The van der Waals surface area contributed by atoms with Crippen LogP contribution in [-0.2, 0) is 24.4 Å². The van der Waals surface area contributed by atoms with E-state index >= 15 is 0 Å². The highest BCUT2D eigenvalue weighted by Gasteiger charge is 2.18. The number of nitrogens with one attached hydrogen (secondary N) is 2. The number of aromatic nitrogens is 2. The molecule has 11 heteroatoms. The number of ether oxygens (including phenoxy) is 2. The summed E-state index contributed by atoms with van der Waals surface area (Å²) in [6.45, 7) is 3.57. The fraction of sp³-hybridized carbons (Fsp3) is 0.172. The topological polar surface area (TPSA) is 121 Å². The molecule has 1 aliphatic heterocycles. The van der Waals surface area contributed by atoms with Gasteiger partial charge in [-0.25, -0.2) is 9.18 Å². The van der Waals surface area contributed by atoms with Crippen LogP contribution >= 0.6 is 0 Å². The second-order valence-corrected chi connectivity index (χ2v) is 9.06. The average Bonchev–Trinajstić information content (AvgIpc) is 3.42. The number of halogens is 1. The van der Waals surface area contributed by atoms with Crippen LogP contribution in [0.5, 0.6) is 11.5 Å². The Balaban J connectivity index is 1.46.